The molecule has 0 aliphatic heterocycles. The number of halogens is 3. The van der Waals surface area contributed by atoms with Crippen molar-refractivity contribution in [2.24, 2.45) is 0 Å². The van der Waals surface area contributed by atoms with Crippen molar-refractivity contribution in [3.63, 3.8) is 0 Å². The first-order valence-electron chi connectivity index (χ1n) is 9.11. The van der Waals surface area contributed by atoms with Gasteiger partial charge in [-0.2, -0.15) is 13.2 Å². The second-order valence-electron chi connectivity index (χ2n) is 6.61. The molecule has 0 N–H and O–H groups in total. The third kappa shape index (κ3) is 3.02. The number of aryl methyl sites for hydroxylation is 1. The first-order chi connectivity index (χ1) is 14.2. The van der Waals surface area contributed by atoms with E-state index in [0.717, 1.165) is 12.1 Å². The number of alkyl halides is 3. The Morgan fingerprint density at radius 1 is 1.20 bits per heavy atom. The Kier molecular flexibility index (Phi) is 4.60. The Morgan fingerprint density at radius 2 is 1.97 bits per heavy atom. The zero-order chi connectivity index (χ0) is 21.6. The molecular formula is C21H17F3N4O2. The summed E-state index contributed by atoms with van der Waals surface area (Å²) in [6.45, 7) is 7.64. The number of imidazole rings is 1. The molecule has 0 fully saturated rings. The van der Waals surface area contributed by atoms with Crippen LogP contribution in [0.4, 0.5) is 13.2 Å². The number of rotatable bonds is 4. The number of pyridine rings is 1. The SMILES string of the molecule is C=C(OCC)c1cnc2c(=O)n(-c3cccnc3C)c3cc(C(F)(F)F)ccc3n12. The van der Waals surface area contributed by atoms with Crippen LogP contribution >= 0.6 is 0 Å². The lowest BCUT2D eigenvalue weighted by Gasteiger charge is -2.17. The Morgan fingerprint density at radius 3 is 2.63 bits per heavy atom. The van der Waals surface area contributed by atoms with Crippen LogP contribution in [0.25, 0.3) is 28.1 Å². The maximum absolute atomic E-state index is 13.4. The van der Waals surface area contributed by atoms with E-state index >= 15 is 0 Å². The first-order valence-corrected chi connectivity index (χ1v) is 9.11. The number of ether oxygens (including phenoxy) is 1. The van der Waals surface area contributed by atoms with Gasteiger partial charge in [-0.25, -0.2) is 4.98 Å². The average Bonchev–Trinajstić information content (AvgIpc) is 3.14. The van der Waals surface area contributed by atoms with Gasteiger partial charge in [0.05, 0.1) is 40.8 Å². The van der Waals surface area contributed by atoms with Crippen LogP contribution in [0.1, 0.15) is 23.9 Å². The Balaban J connectivity index is 2.20. The summed E-state index contributed by atoms with van der Waals surface area (Å²) in [6.07, 6.45) is -1.60. The standard InChI is InChI=1S/C21H17F3N4O2/c1-4-30-13(3)18-11-26-19-20(29)28(15-6-5-9-25-12(15)2)17-10-14(21(22,23)24)7-8-16(17)27(18)19/h5-11H,3-4H2,1-2H3. The summed E-state index contributed by atoms with van der Waals surface area (Å²) in [5.74, 6) is 0.265. The fraction of sp³-hybridized carbons (Fsp3) is 0.190. The molecule has 0 bridgehead atoms. The van der Waals surface area contributed by atoms with Crippen molar-refractivity contribution in [1.29, 1.82) is 0 Å². The molecule has 0 radical (unpaired) electrons. The Bertz CT molecular complexity index is 1350. The van der Waals surface area contributed by atoms with Crippen molar-refractivity contribution in [2.45, 2.75) is 20.0 Å². The highest BCUT2D eigenvalue weighted by molar-refractivity contribution is 5.83. The fourth-order valence-electron chi connectivity index (χ4n) is 3.42. The van der Waals surface area contributed by atoms with Gasteiger partial charge in [-0.3, -0.25) is 18.7 Å². The third-order valence-corrected chi connectivity index (χ3v) is 4.76. The molecular weight excluding hydrogens is 397 g/mol. The molecule has 6 nitrogen and oxygen atoms in total. The smallest absolute Gasteiger partial charge is 0.416 e. The summed E-state index contributed by atoms with van der Waals surface area (Å²) >= 11 is 0. The van der Waals surface area contributed by atoms with Gasteiger partial charge in [-0.1, -0.05) is 6.58 Å². The van der Waals surface area contributed by atoms with E-state index in [0.29, 0.717) is 29.2 Å². The summed E-state index contributed by atoms with van der Waals surface area (Å²) in [7, 11) is 0. The zero-order valence-electron chi connectivity index (χ0n) is 16.2. The lowest BCUT2D eigenvalue weighted by Crippen LogP contribution is -2.23. The van der Waals surface area contributed by atoms with Crippen LogP contribution in [0, 0.1) is 6.92 Å². The molecule has 4 rings (SSSR count). The predicted molar refractivity (Wildman–Crippen MR) is 106 cm³/mol. The largest absolute Gasteiger partial charge is 0.492 e. The van der Waals surface area contributed by atoms with Crippen LogP contribution in [-0.4, -0.2) is 25.5 Å². The van der Waals surface area contributed by atoms with Gasteiger partial charge in [0.2, 0.25) is 5.65 Å². The molecule has 0 aliphatic rings. The van der Waals surface area contributed by atoms with E-state index in [9.17, 15) is 18.0 Å². The van der Waals surface area contributed by atoms with Crippen LogP contribution < -0.4 is 5.56 Å². The molecule has 0 unspecified atom stereocenters. The molecule has 0 saturated carbocycles. The maximum atomic E-state index is 13.4. The number of benzene rings is 1. The van der Waals surface area contributed by atoms with Gasteiger partial charge in [0.25, 0.3) is 5.56 Å². The van der Waals surface area contributed by atoms with E-state index in [1.165, 1.54) is 21.2 Å². The van der Waals surface area contributed by atoms with Crippen LogP contribution in [0.3, 0.4) is 0 Å². The highest BCUT2D eigenvalue weighted by Gasteiger charge is 2.31. The van der Waals surface area contributed by atoms with Crippen molar-refractivity contribution in [1.82, 2.24) is 18.9 Å². The number of aromatic nitrogens is 4. The zero-order valence-corrected chi connectivity index (χ0v) is 16.2. The third-order valence-electron chi connectivity index (χ3n) is 4.76. The highest BCUT2D eigenvalue weighted by atomic mass is 19.4. The average molecular weight is 414 g/mol. The van der Waals surface area contributed by atoms with E-state index < -0.39 is 17.3 Å². The summed E-state index contributed by atoms with van der Waals surface area (Å²) < 4.78 is 48.4. The Hall–Kier alpha value is -3.62. The normalized spacial score (nSPS) is 11.9. The van der Waals surface area contributed by atoms with Gasteiger partial charge < -0.3 is 4.74 Å². The first kappa shape index (κ1) is 19.7. The number of nitrogens with zero attached hydrogens (tertiary/aromatic N) is 4. The van der Waals surface area contributed by atoms with E-state index in [-0.39, 0.29) is 16.9 Å². The van der Waals surface area contributed by atoms with Crippen molar-refractivity contribution < 1.29 is 17.9 Å². The van der Waals surface area contributed by atoms with E-state index in [2.05, 4.69) is 16.5 Å². The molecule has 9 heteroatoms. The van der Waals surface area contributed by atoms with E-state index in [1.54, 1.807) is 32.2 Å². The van der Waals surface area contributed by atoms with Gasteiger partial charge in [0, 0.05) is 6.20 Å². The van der Waals surface area contributed by atoms with Crippen molar-refractivity contribution in [3.05, 3.63) is 76.6 Å². The van der Waals surface area contributed by atoms with Crippen LogP contribution in [-0.2, 0) is 10.9 Å². The molecule has 0 spiro atoms. The second-order valence-corrected chi connectivity index (χ2v) is 6.61. The molecule has 30 heavy (non-hydrogen) atoms. The molecule has 1 aromatic carbocycles. The van der Waals surface area contributed by atoms with Gasteiger partial charge >= 0.3 is 6.18 Å². The molecule has 0 aliphatic carbocycles. The monoisotopic (exact) mass is 414 g/mol. The van der Waals surface area contributed by atoms with Crippen LogP contribution in [0.2, 0.25) is 0 Å². The highest BCUT2D eigenvalue weighted by Crippen LogP contribution is 2.32. The number of fused-ring (bicyclic) bond motifs is 3. The fourth-order valence-corrected chi connectivity index (χ4v) is 3.42. The molecule has 154 valence electrons. The van der Waals surface area contributed by atoms with Gasteiger partial charge in [-0.05, 0) is 44.2 Å². The van der Waals surface area contributed by atoms with E-state index in [1.807, 2.05) is 0 Å². The minimum absolute atomic E-state index is 0.0429. The second kappa shape index (κ2) is 7.01. The molecule has 0 amide bonds. The van der Waals surface area contributed by atoms with Gasteiger partial charge in [0.15, 0.2) is 0 Å². The molecule has 0 saturated heterocycles. The molecule has 3 aromatic heterocycles. The minimum atomic E-state index is -4.57. The lowest BCUT2D eigenvalue weighted by atomic mass is 10.1. The van der Waals surface area contributed by atoms with Gasteiger partial charge in [0.1, 0.15) is 11.5 Å². The van der Waals surface area contributed by atoms with Crippen LogP contribution in [0.15, 0.2) is 54.1 Å². The van der Waals surface area contributed by atoms with Crippen molar-refractivity contribution in [3.8, 4) is 5.69 Å². The van der Waals surface area contributed by atoms with Crippen molar-refractivity contribution in [2.75, 3.05) is 6.61 Å². The quantitative estimate of drug-likeness (QED) is 0.466. The topological polar surface area (TPSA) is 61.4 Å². The minimum Gasteiger partial charge on any atom is -0.492 e. The predicted octanol–water partition coefficient (Wildman–Crippen LogP) is 4.37. The molecule has 4 aromatic rings. The van der Waals surface area contributed by atoms with Crippen LogP contribution in [0.5, 0.6) is 0 Å². The molecule has 0 atom stereocenters. The van der Waals surface area contributed by atoms with Crippen molar-refractivity contribution >= 4 is 22.4 Å². The lowest BCUT2D eigenvalue weighted by molar-refractivity contribution is -0.137. The number of hydrogen-bond donors (Lipinski definition) is 0. The van der Waals surface area contributed by atoms with E-state index in [4.69, 9.17) is 4.74 Å². The summed E-state index contributed by atoms with van der Waals surface area (Å²) in [4.78, 5) is 21.7. The van der Waals surface area contributed by atoms with Gasteiger partial charge in [-0.15, -0.1) is 0 Å². The molecule has 3 heterocycles. The summed E-state index contributed by atoms with van der Waals surface area (Å²) in [6, 6.07) is 6.49. The maximum Gasteiger partial charge on any atom is 0.416 e. The number of hydrogen-bond acceptors (Lipinski definition) is 4. The summed E-state index contributed by atoms with van der Waals surface area (Å²) in [5, 5.41) is 0. The summed E-state index contributed by atoms with van der Waals surface area (Å²) in [5.41, 5.74) is 0.291. The Labute approximate surface area is 168 Å².